The Balaban J connectivity index is 1.49. The number of ether oxygens (including phenoxy) is 2. The van der Waals surface area contributed by atoms with Gasteiger partial charge in [-0.15, -0.1) is 0 Å². The summed E-state index contributed by atoms with van der Waals surface area (Å²) in [7, 11) is -12.0. The number of aromatic amines is 1. The molecule has 8 N–H and O–H groups in total. The van der Waals surface area contributed by atoms with Crippen LogP contribution < -0.4 is 11.2 Å². The molecule has 19 nitrogen and oxygen atoms in total. The molecule has 0 radical (unpaired) electrons. The number of nitrogens with one attached hydrogen (secondary N) is 1. The van der Waals surface area contributed by atoms with E-state index in [-0.39, 0.29) is 25.9 Å². The monoisotopic (exact) mass is 720 g/mol. The molecule has 3 heterocycles. The van der Waals surface area contributed by atoms with Crippen molar-refractivity contribution in [1.29, 1.82) is 0 Å². The zero-order valence-electron chi connectivity index (χ0n) is 24.5. The summed E-state index contributed by atoms with van der Waals surface area (Å²) in [6.45, 7) is 4.23. The molecule has 3 rings (SSSR count). The molecule has 0 aromatic carbocycles. The minimum absolute atomic E-state index is 0.0159. The van der Waals surface area contributed by atoms with Gasteiger partial charge in [-0.25, -0.2) is 13.9 Å². The second-order valence-electron chi connectivity index (χ2n) is 10.5. The van der Waals surface area contributed by atoms with Gasteiger partial charge < -0.3 is 49.3 Å². The number of aliphatic hydroxyl groups excluding tert-OH is 5. The molecule has 0 spiro atoms. The third-order valence-electron chi connectivity index (χ3n) is 7.15. The van der Waals surface area contributed by atoms with Crippen molar-refractivity contribution in [2.24, 2.45) is 5.92 Å². The van der Waals surface area contributed by atoms with E-state index in [1.165, 1.54) is 6.92 Å². The Kier molecular flexibility index (Phi) is 14.1. The lowest BCUT2D eigenvalue weighted by Crippen LogP contribution is -2.37. The van der Waals surface area contributed by atoms with Gasteiger partial charge in [0.25, 0.3) is 5.56 Å². The first-order valence-corrected chi connectivity index (χ1v) is 18.4. The highest BCUT2D eigenvalue weighted by Gasteiger charge is 2.49. The van der Waals surface area contributed by atoms with Crippen LogP contribution in [0.25, 0.3) is 0 Å². The molecule has 1 aromatic heterocycles. The van der Waals surface area contributed by atoms with Crippen molar-refractivity contribution in [1.82, 2.24) is 9.55 Å². The minimum Gasteiger partial charge on any atom is -0.390 e. The Labute approximate surface area is 262 Å². The van der Waals surface area contributed by atoms with Crippen LogP contribution in [0.2, 0.25) is 0 Å². The van der Waals surface area contributed by atoms with E-state index in [4.69, 9.17) is 18.5 Å². The van der Waals surface area contributed by atoms with E-state index in [1.807, 2.05) is 4.98 Å². The van der Waals surface area contributed by atoms with E-state index in [0.29, 0.717) is 0 Å². The van der Waals surface area contributed by atoms with Crippen LogP contribution in [0.1, 0.15) is 32.4 Å². The molecule has 262 valence electrons. The quantitative estimate of drug-likeness (QED) is 0.0882. The SMILES string of the molecule is C=CC=P(=C)OCCC(O)C(O)CCC1OC(OP(=O)(O)OP(=O)(O)OCC2OC(n3ccc(=O)[nH]c3=O)C(O)C2O)C(O)C1C. The molecule has 1 aromatic rings. The summed E-state index contributed by atoms with van der Waals surface area (Å²) in [6.07, 6.45) is -6.49. The van der Waals surface area contributed by atoms with Crippen molar-refractivity contribution in [2.45, 2.75) is 81.4 Å². The van der Waals surface area contributed by atoms with Gasteiger partial charge in [0, 0.05) is 32.0 Å². The predicted octanol–water partition coefficient (Wildman–Crippen LogP) is -1.15. The fourth-order valence-electron chi connectivity index (χ4n) is 4.63. The predicted molar refractivity (Wildman–Crippen MR) is 161 cm³/mol. The van der Waals surface area contributed by atoms with Gasteiger partial charge >= 0.3 is 21.3 Å². The van der Waals surface area contributed by atoms with Crippen LogP contribution in [-0.2, 0) is 36.5 Å². The van der Waals surface area contributed by atoms with Crippen LogP contribution in [0.3, 0.4) is 0 Å². The minimum atomic E-state index is -5.46. The number of phosphoric acid groups is 2. The number of rotatable bonds is 17. The summed E-state index contributed by atoms with van der Waals surface area (Å²) in [5, 5.41) is 51.5. The zero-order valence-corrected chi connectivity index (χ0v) is 27.2. The van der Waals surface area contributed by atoms with Crippen molar-refractivity contribution in [3.63, 3.8) is 0 Å². The molecule has 2 fully saturated rings. The number of hydrogen-bond donors (Lipinski definition) is 8. The smallest absolute Gasteiger partial charge is 0.390 e. The Bertz CT molecular complexity index is 1480. The first-order valence-electron chi connectivity index (χ1n) is 13.9. The van der Waals surface area contributed by atoms with Crippen molar-refractivity contribution in [2.75, 3.05) is 13.2 Å². The first-order chi connectivity index (χ1) is 21.4. The summed E-state index contributed by atoms with van der Waals surface area (Å²) >= 11 is 0. The topological polar surface area (TPSA) is 286 Å². The number of phosphoric ester groups is 2. The molecule has 2 aliphatic rings. The molecule has 13 unspecified atom stereocenters. The molecular weight excluding hydrogens is 681 g/mol. The molecule has 0 amide bonds. The van der Waals surface area contributed by atoms with Gasteiger partial charge in [0.05, 0.1) is 31.5 Å². The van der Waals surface area contributed by atoms with Gasteiger partial charge in [-0.3, -0.25) is 23.4 Å². The number of aromatic nitrogens is 2. The van der Waals surface area contributed by atoms with Crippen molar-refractivity contribution < 1.29 is 71.8 Å². The zero-order chi connectivity index (χ0) is 34.4. The maximum atomic E-state index is 12.5. The van der Waals surface area contributed by atoms with Crippen molar-refractivity contribution in [3.8, 4) is 0 Å². The third-order valence-corrected chi connectivity index (χ3v) is 10.8. The van der Waals surface area contributed by atoms with Gasteiger partial charge in [-0.1, -0.05) is 25.9 Å². The number of H-pyrrole nitrogens is 1. The Hall–Kier alpha value is -1.60. The number of nitrogens with zero attached hydrogens (tertiary/aromatic N) is 1. The maximum absolute atomic E-state index is 12.5. The molecule has 2 saturated heterocycles. The van der Waals surface area contributed by atoms with Crippen LogP contribution >= 0.6 is 23.0 Å². The normalized spacial score (nSPS) is 32.5. The highest BCUT2D eigenvalue weighted by Crippen LogP contribution is 2.61. The fourth-order valence-corrected chi connectivity index (χ4v) is 7.45. The van der Waals surface area contributed by atoms with Crippen LogP contribution in [0, 0.1) is 5.92 Å². The standard InChI is InChI=1S/C24H39N2O17P3/c1-4-11-44(3)38-10-8-15(28)14(27)5-6-16-13(2)19(30)23(41-16)42-46(36,37)43-45(34,35)39-12-17-20(31)21(32)22(40-17)26-9-7-18(29)25-24(26)33/h4,7,9,11,13-17,19-23,27-28,30-32H,1,3,5-6,8,10,12H2,2H3,(H,34,35)(H,36,37)(H,25,29,33). The van der Waals surface area contributed by atoms with Gasteiger partial charge in [0.1, 0.15) is 24.4 Å². The van der Waals surface area contributed by atoms with Crippen molar-refractivity contribution >= 4 is 35.1 Å². The van der Waals surface area contributed by atoms with E-state index in [9.17, 15) is 54.0 Å². The van der Waals surface area contributed by atoms with E-state index >= 15 is 0 Å². The molecule has 2 aliphatic heterocycles. The molecule has 13 atom stereocenters. The highest BCUT2D eigenvalue weighted by molar-refractivity contribution is 7.61. The van der Waals surface area contributed by atoms with E-state index in [2.05, 4.69) is 21.7 Å². The average Bonchev–Trinajstić information content (AvgIpc) is 3.39. The summed E-state index contributed by atoms with van der Waals surface area (Å²) in [5.41, 5.74) is -1.71. The number of aliphatic hydroxyl groups is 5. The van der Waals surface area contributed by atoms with Crippen LogP contribution in [0.15, 0.2) is 34.5 Å². The maximum Gasteiger partial charge on any atom is 0.483 e. The summed E-state index contributed by atoms with van der Waals surface area (Å²) in [6, 6.07) is 0.951. The van der Waals surface area contributed by atoms with Gasteiger partial charge in [-0.05, 0) is 18.6 Å². The van der Waals surface area contributed by atoms with Gasteiger partial charge in [0.15, 0.2) is 12.5 Å². The lowest BCUT2D eigenvalue weighted by molar-refractivity contribution is -0.122. The Morgan fingerprint density at radius 3 is 2.39 bits per heavy atom. The molecular formula is C24H39N2O17P3. The van der Waals surface area contributed by atoms with E-state index < -0.39 is 102 Å². The van der Waals surface area contributed by atoms with Crippen LogP contribution in [-0.4, -0.2) is 119 Å². The van der Waals surface area contributed by atoms with E-state index in [1.54, 1.807) is 11.9 Å². The lowest BCUT2D eigenvalue weighted by Gasteiger charge is -2.22. The van der Waals surface area contributed by atoms with Crippen LogP contribution in [0.5, 0.6) is 0 Å². The third kappa shape index (κ3) is 10.7. The molecule has 22 heteroatoms. The summed E-state index contributed by atoms with van der Waals surface area (Å²) < 4.78 is 55.6. The van der Waals surface area contributed by atoms with Gasteiger partial charge in [0.2, 0.25) is 0 Å². The summed E-state index contributed by atoms with van der Waals surface area (Å²) in [5.74, 6) is 0.972. The molecule has 0 saturated carbocycles. The molecule has 0 bridgehead atoms. The second kappa shape index (κ2) is 16.7. The average molecular weight is 720 g/mol. The number of allylic oxidation sites excluding steroid dienone is 1. The van der Waals surface area contributed by atoms with Crippen LogP contribution in [0.4, 0.5) is 0 Å². The highest BCUT2D eigenvalue weighted by atomic mass is 31.3. The number of hydrogen-bond acceptors (Lipinski definition) is 15. The summed E-state index contributed by atoms with van der Waals surface area (Å²) in [4.78, 5) is 45.3. The van der Waals surface area contributed by atoms with Gasteiger partial charge in [-0.2, -0.15) is 4.31 Å². The lowest BCUT2D eigenvalue weighted by atomic mass is 9.95. The fraction of sp³-hybridized carbons (Fsp3) is 0.667. The van der Waals surface area contributed by atoms with Crippen molar-refractivity contribution in [3.05, 3.63) is 45.8 Å². The molecule has 0 aliphatic carbocycles. The second-order valence-corrected chi connectivity index (χ2v) is 14.9. The van der Waals surface area contributed by atoms with E-state index in [0.717, 1.165) is 16.8 Å². The Morgan fingerprint density at radius 2 is 1.74 bits per heavy atom. The largest absolute Gasteiger partial charge is 0.483 e. The Morgan fingerprint density at radius 1 is 1.07 bits per heavy atom. The molecule has 46 heavy (non-hydrogen) atoms. The first kappa shape index (κ1) is 38.8.